The second kappa shape index (κ2) is 5.91. The Bertz CT molecular complexity index is 467. The molecule has 0 N–H and O–H groups in total. The summed E-state index contributed by atoms with van der Waals surface area (Å²) in [7, 11) is 0. The molecule has 0 aromatic heterocycles. The Hall–Kier alpha value is -1.49. The molecule has 0 aliphatic carbocycles. The first kappa shape index (κ1) is 14.6. The van der Waals surface area contributed by atoms with Crippen LogP contribution in [-0.4, -0.2) is 12.6 Å². The second-order valence-electron chi connectivity index (χ2n) is 3.31. The molecule has 6 heteroatoms. The zero-order chi connectivity index (χ0) is 13.8. The van der Waals surface area contributed by atoms with Crippen molar-refractivity contribution in [1.82, 2.24) is 0 Å². The van der Waals surface area contributed by atoms with Crippen LogP contribution in [0.3, 0.4) is 0 Å². The molecule has 0 amide bonds. The molecule has 1 aromatic carbocycles. The number of rotatable bonds is 3. The van der Waals surface area contributed by atoms with Crippen LogP contribution in [0.25, 0.3) is 6.08 Å². The Kier molecular flexibility index (Phi) is 4.78. The number of hydrogen-bond donors (Lipinski definition) is 0. The summed E-state index contributed by atoms with van der Waals surface area (Å²) in [6.45, 7) is 1.76. The molecule has 1 aromatic rings. The largest absolute Gasteiger partial charge is 0.463 e. The van der Waals surface area contributed by atoms with E-state index >= 15 is 0 Å². The standard InChI is InChI=1S/C12H10ClF3O2/c1-2-18-11(17)6-3-8-7-9(13)4-5-10(8)12(14,15)16/h3-7H,2H2,1H3. The lowest BCUT2D eigenvalue weighted by Crippen LogP contribution is -2.07. The third kappa shape index (κ3) is 4.07. The zero-order valence-electron chi connectivity index (χ0n) is 9.42. The average Bonchev–Trinajstić information content (AvgIpc) is 2.25. The van der Waals surface area contributed by atoms with Gasteiger partial charge in [0.2, 0.25) is 0 Å². The number of benzene rings is 1. The van der Waals surface area contributed by atoms with Gasteiger partial charge in [0.05, 0.1) is 12.2 Å². The molecule has 0 aliphatic heterocycles. The summed E-state index contributed by atoms with van der Waals surface area (Å²) in [6.07, 6.45) is -2.53. The van der Waals surface area contributed by atoms with Crippen molar-refractivity contribution in [1.29, 1.82) is 0 Å². The van der Waals surface area contributed by atoms with Gasteiger partial charge in [-0.05, 0) is 36.8 Å². The first-order valence-electron chi connectivity index (χ1n) is 5.06. The molecule has 0 unspecified atom stereocenters. The predicted octanol–water partition coefficient (Wildman–Crippen LogP) is 3.94. The molecule has 18 heavy (non-hydrogen) atoms. The lowest BCUT2D eigenvalue weighted by atomic mass is 10.1. The number of ether oxygens (including phenoxy) is 1. The van der Waals surface area contributed by atoms with Crippen LogP contribution in [0.4, 0.5) is 13.2 Å². The third-order valence-electron chi connectivity index (χ3n) is 2.00. The summed E-state index contributed by atoms with van der Waals surface area (Å²) in [6, 6.07) is 3.15. The molecule has 0 radical (unpaired) electrons. The molecular formula is C12H10ClF3O2. The molecule has 0 fully saturated rings. The fourth-order valence-corrected chi connectivity index (χ4v) is 1.46. The van der Waals surface area contributed by atoms with Gasteiger partial charge in [-0.2, -0.15) is 13.2 Å². The molecule has 0 saturated heterocycles. The molecular weight excluding hydrogens is 269 g/mol. The van der Waals surface area contributed by atoms with E-state index in [0.717, 1.165) is 30.4 Å². The Labute approximate surface area is 107 Å². The van der Waals surface area contributed by atoms with E-state index in [9.17, 15) is 18.0 Å². The summed E-state index contributed by atoms with van der Waals surface area (Å²) in [5.74, 6) is -0.703. The maximum Gasteiger partial charge on any atom is 0.416 e. The SMILES string of the molecule is CCOC(=O)C=Cc1cc(Cl)ccc1C(F)(F)F. The Morgan fingerprint density at radius 2 is 2.11 bits per heavy atom. The summed E-state index contributed by atoms with van der Waals surface area (Å²) < 4.78 is 42.6. The van der Waals surface area contributed by atoms with Crippen molar-refractivity contribution < 1.29 is 22.7 Å². The van der Waals surface area contributed by atoms with Crippen molar-refractivity contribution in [3.8, 4) is 0 Å². The molecule has 98 valence electrons. The number of carbonyl (C=O) groups excluding carboxylic acids is 1. The van der Waals surface area contributed by atoms with E-state index in [2.05, 4.69) is 4.74 Å². The highest BCUT2D eigenvalue weighted by atomic mass is 35.5. The fraction of sp³-hybridized carbons (Fsp3) is 0.250. The number of halogens is 4. The van der Waals surface area contributed by atoms with Crippen molar-refractivity contribution in [2.45, 2.75) is 13.1 Å². The van der Waals surface area contributed by atoms with Gasteiger partial charge in [-0.3, -0.25) is 0 Å². The van der Waals surface area contributed by atoms with Gasteiger partial charge in [-0.15, -0.1) is 0 Å². The van der Waals surface area contributed by atoms with Gasteiger partial charge in [0.15, 0.2) is 0 Å². The van der Waals surface area contributed by atoms with Crippen LogP contribution in [0.5, 0.6) is 0 Å². The first-order chi connectivity index (χ1) is 8.34. The van der Waals surface area contributed by atoms with Crippen molar-refractivity contribution >= 4 is 23.6 Å². The van der Waals surface area contributed by atoms with Crippen molar-refractivity contribution in [3.05, 3.63) is 40.4 Å². The van der Waals surface area contributed by atoms with Crippen LogP contribution < -0.4 is 0 Å². The van der Waals surface area contributed by atoms with Crippen LogP contribution in [0.1, 0.15) is 18.1 Å². The van der Waals surface area contributed by atoms with Crippen molar-refractivity contribution in [3.63, 3.8) is 0 Å². The minimum atomic E-state index is -4.50. The van der Waals surface area contributed by atoms with Crippen LogP contribution in [-0.2, 0) is 15.7 Å². The molecule has 0 heterocycles. The topological polar surface area (TPSA) is 26.3 Å². The van der Waals surface area contributed by atoms with E-state index in [4.69, 9.17) is 11.6 Å². The first-order valence-corrected chi connectivity index (χ1v) is 5.44. The maximum atomic E-state index is 12.7. The number of carbonyl (C=O) groups is 1. The van der Waals surface area contributed by atoms with Gasteiger partial charge in [-0.1, -0.05) is 11.6 Å². The van der Waals surface area contributed by atoms with E-state index < -0.39 is 17.7 Å². The monoisotopic (exact) mass is 278 g/mol. The summed E-state index contributed by atoms with van der Waals surface area (Å²) >= 11 is 5.63. The van der Waals surface area contributed by atoms with Gasteiger partial charge in [0.1, 0.15) is 0 Å². The normalized spacial score (nSPS) is 11.8. The van der Waals surface area contributed by atoms with Crippen LogP contribution >= 0.6 is 11.6 Å². The summed E-state index contributed by atoms with van der Waals surface area (Å²) in [5.41, 5.74) is -1.03. The van der Waals surface area contributed by atoms with Gasteiger partial charge in [0.25, 0.3) is 0 Å². The van der Waals surface area contributed by atoms with Crippen molar-refractivity contribution in [2.24, 2.45) is 0 Å². The van der Waals surface area contributed by atoms with Crippen LogP contribution in [0.15, 0.2) is 24.3 Å². The highest BCUT2D eigenvalue weighted by Crippen LogP contribution is 2.33. The number of alkyl halides is 3. The van der Waals surface area contributed by atoms with E-state index in [-0.39, 0.29) is 17.2 Å². The zero-order valence-corrected chi connectivity index (χ0v) is 10.2. The molecule has 2 nitrogen and oxygen atoms in total. The lowest BCUT2D eigenvalue weighted by Gasteiger charge is -2.10. The van der Waals surface area contributed by atoms with E-state index in [1.165, 1.54) is 0 Å². The Morgan fingerprint density at radius 3 is 2.67 bits per heavy atom. The highest BCUT2D eigenvalue weighted by Gasteiger charge is 2.32. The number of esters is 1. The Balaban J connectivity index is 3.07. The third-order valence-corrected chi connectivity index (χ3v) is 2.24. The minimum absolute atomic E-state index is 0.158. The van der Waals surface area contributed by atoms with Gasteiger partial charge < -0.3 is 4.74 Å². The van der Waals surface area contributed by atoms with E-state index in [0.29, 0.717) is 0 Å². The Morgan fingerprint density at radius 1 is 1.44 bits per heavy atom. The van der Waals surface area contributed by atoms with Gasteiger partial charge in [-0.25, -0.2) is 4.79 Å². The molecule has 0 atom stereocenters. The molecule has 0 aliphatic rings. The predicted molar refractivity (Wildman–Crippen MR) is 62.1 cm³/mol. The second-order valence-corrected chi connectivity index (χ2v) is 3.75. The summed E-state index contributed by atoms with van der Waals surface area (Å²) in [4.78, 5) is 11.0. The molecule has 1 rings (SSSR count). The molecule has 0 saturated carbocycles. The summed E-state index contributed by atoms with van der Waals surface area (Å²) in [5, 5.41) is 0.159. The fourth-order valence-electron chi connectivity index (χ4n) is 1.28. The van der Waals surface area contributed by atoms with Crippen LogP contribution in [0, 0.1) is 0 Å². The smallest absolute Gasteiger partial charge is 0.416 e. The van der Waals surface area contributed by atoms with E-state index in [1.54, 1.807) is 6.92 Å². The molecule has 0 bridgehead atoms. The van der Waals surface area contributed by atoms with Crippen LogP contribution in [0.2, 0.25) is 5.02 Å². The lowest BCUT2D eigenvalue weighted by molar-refractivity contribution is -0.138. The van der Waals surface area contributed by atoms with Gasteiger partial charge >= 0.3 is 12.1 Å². The minimum Gasteiger partial charge on any atom is -0.463 e. The number of hydrogen-bond acceptors (Lipinski definition) is 2. The highest BCUT2D eigenvalue weighted by molar-refractivity contribution is 6.30. The van der Waals surface area contributed by atoms with E-state index in [1.807, 2.05) is 0 Å². The molecule has 0 spiro atoms. The van der Waals surface area contributed by atoms with Gasteiger partial charge in [0, 0.05) is 11.1 Å². The van der Waals surface area contributed by atoms with Crippen molar-refractivity contribution in [2.75, 3.05) is 6.61 Å². The quantitative estimate of drug-likeness (QED) is 0.618. The maximum absolute atomic E-state index is 12.7. The average molecular weight is 279 g/mol.